The molecule has 0 spiro atoms. The van der Waals surface area contributed by atoms with Crippen LogP contribution in [0, 0.1) is 11.3 Å². The largest absolute Gasteiger partial charge is 0.481 e. The number of carbonyl (C=O) groups is 2. The monoisotopic (exact) mass is 284 g/mol. The number of urea groups is 1. The SMILES string of the molecule is CC1CCN(C(=O)NC(CC(=O)O)CC(C)(C)C)CC1. The highest BCUT2D eigenvalue weighted by Crippen LogP contribution is 2.23. The average molecular weight is 284 g/mol. The summed E-state index contributed by atoms with van der Waals surface area (Å²) in [6.45, 7) is 9.89. The molecular weight excluding hydrogens is 256 g/mol. The number of carbonyl (C=O) groups excluding carboxylic acids is 1. The molecule has 1 fully saturated rings. The summed E-state index contributed by atoms with van der Waals surface area (Å²) in [7, 11) is 0. The second-order valence-corrected chi connectivity index (χ2v) is 7.18. The highest BCUT2D eigenvalue weighted by atomic mass is 16.4. The third-order valence-electron chi connectivity index (χ3n) is 3.68. The van der Waals surface area contributed by atoms with Crippen LogP contribution in [0.2, 0.25) is 0 Å². The number of hydrogen-bond donors (Lipinski definition) is 2. The van der Waals surface area contributed by atoms with Crippen LogP contribution in [0.3, 0.4) is 0 Å². The molecule has 0 aromatic rings. The van der Waals surface area contributed by atoms with Crippen molar-refractivity contribution in [2.75, 3.05) is 13.1 Å². The van der Waals surface area contributed by atoms with Crippen LogP contribution in [0.4, 0.5) is 4.79 Å². The van der Waals surface area contributed by atoms with Gasteiger partial charge in [-0.25, -0.2) is 4.79 Å². The minimum atomic E-state index is -0.869. The Labute approximate surface area is 121 Å². The van der Waals surface area contributed by atoms with E-state index in [1.54, 1.807) is 4.90 Å². The fourth-order valence-electron chi connectivity index (χ4n) is 2.60. The van der Waals surface area contributed by atoms with Crippen LogP contribution in [-0.4, -0.2) is 41.1 Å². The van der Waals surface area contributed by atoms with Gasteiger partial charge in [-0.1, -0.05) is 27.7 Å². The molecule has 116 valence electrons. The molecule has 20 heavy (non-hydrogen) atoms. The second kappa shape index (κ2) is 6.95. The van der Waals surface area contributed by atoms with E-state index in [0.29, 0.717) is 12.3 Å². The van der Waals surface area contributed by atoms with Gasteiger partial charge in [0.15, 0.2) is 0 Å². The van der Waals surface area contributed by atoms with Crippen LogP contribution in [0.25, 0.3) is 0 Å². The molecule has 0 aromatic heterocycles. The first kappa shape index (κ1) is 16.8. The summed E-state index contributed by atoms with van der Waals surface area (Å²) >= 11 is 0. The number of carboxylic acids is 1. The van der Waals surface area contributed by atoms with Crippen LogP contribution in [-0.2, 0) is 4.79 Å². The number of piperidine rings is 1. The lowest BCUT2D eigenvalue weighted by molar-refractivity contribution is -0.137. The van der Waals surface area contributed by atoms with E-state index in [2.05, 4.69) is 33.0 Å². The molecule has 2 N–H and O–H groups in total. The van der Waals surface area contributed by atoms with Crippen molar-refractivity contribution >= 4 is 12.0 Å². The van der Waals surface area contributed by atoms with Crippen molar-refractivity contribution < 1.29 is 14.7 Å². The topological polar surface area (TPSA) is 69.6 Å². The van der Waals surface area contributed by atoms with Gasteiger partial charge in [0.2, 0.25) is 0 Å². The Morgan fingerprint density at radius 3 is 2.30 bits per heavy atom. The number of rotatable bonds is 4. The third-order valence-corrected chi connectivity index (χ3v) is 3.68. The molecule has 0 bridgehead atoms. The van der Waals surface area contributed by atoms with Gasteiger partial charge in [0, 0.05) is 19.1 Å². The maximum atomic E-state index is 12.2. The van der Waals surface area contributed by atoms with E-state index in [1.807, 2.05) is 0 Å². The predicted octanol–water partition coefficient (Wildman–Crippen LogP) is 2.71. The van der Waals surface area contributed by atoms with Gasteiger partial charge >= 0.3 is 12.0 Å². The Morgan fingerprint density at radius 1 is 1.30 bits per heavy atom. The summed E-state index contributed by atoms with van der Waals surface area (Å²) in [5.74, 6) is -0.199. The number of nitrogens with zero attached hydrogens (tertiary/aromatic N) is 1. The summed E-state index contributed by atoms with van der Waals surface area (Å²) in [5.41, 5.74) is -0.0101. The first-order chi connectivity index (χ1) is 9.17. The Bertz CT molecular complexity index is 342. The number of nitrogens with one attached hydrogen (secondary N) is 1. The molecule has 1 atom stereocenters. The predicted molar refractivity (Wildman–Crippen MR) is 78.6 cm³/mol. The van der Waals surface area contributed by atoms with Gasteiger partial charge in [0.25, 0.3) is 0 Å². The summed E-state index contributed by atoms with van der Waals surface area (Å²) in [6.07, 6.45) is 2.69. The van der Waals surface area contributed by atoms with Crippen LogP contribution >= 0.6 is 0 Å². The van der Waals surface area contributed by atoms with E-state index >= 15 is 0 Å². The molecule has 1 saturated heterocycles. The lowest BCUT2D eigenvalue weighted by atomic mass is 9.87. The zero-order chi connectivity index (χ0) is 15.3. The smallest absolute Gasteiger partial charge is 0.317 e. The lowest BCUT2D eigenvalue weighted by Gasteiger charge is -2.33. The highest BCUT2D eigenvalue weighted by Gasteiger charge is 2.26. The summed E-state index contributed by atoms with van der Waals surface area (Å²) in [5, 5.41) is 11.9. The molecule has 1 aliphatic heterocycles. The van der Waals surface area contributed by atoms with Crippen LogP contribution in [0.1, 0.15) is 53.4 Å². The normalized spacial score (nSPS) is 18.7. The first-order valence-corrected chi connectivity index (χ1v) is 7.44. The molecule has 0 radical (unpaired) electrons. The maximum Gasteiger partial charge on any atom is 0.317 e. The summed E-state index contributed by atoms with van der Waals surface area (Å²) in [4.78, 5) is 24.9. The molecular formula is C15H28N2O3. The van der Waals surface area contributed by atoms with Crippen LogP contribution < -0.4 is 5.32 Å². The van der Waals surface area contributed by atoms with Gasteiger partial charge in [-0.3, -0.25) is 4.79 Å². The average Bonchev–Trinajstić information content (AvgIpc) is 2.26. The first-order valence-electron chi connectivity index (χ1n) is 7.44. The Hall–Kier alpha value is -1.26. The van der Waals surface area contributed by atoms with E-state index in [1.165, 1.54) is 0 Å². The minimum absolute atomic E-state index is 0.0101. The molecule has 5 nitrogen and oxygen atoms in total. The fraction of sp³-hybridized carbons (Fsp3) is 0.867. The molecule has 0 aliphatic carbocycles. The van der Waals surface area contributed by atoms with E-state index in [9.17, 15) is 9.59 Å². The van der Waals surface area contributed by atoms with Crippen molar-refractivity contribution in [1.29, 1.82) is 0 Å². The van der Waals surface area contributed by atoms with Crippen molar-refractivity contribution in [3.8, 4) is 0 Å². The van der Waals surface area contributed by atoms with E-state index in [0.717, 1.165) is 25.9 Å². The number of amides is 2. The zero-order valence-electron chi connectivity index (χ0n) is 13.1. The van der Waals surface area contributed by atoms with Crippen molar-refractivity contribution in [3.63, 3.8) is 0 Å². The molecule has 1 unspecified atom stereocenters. The van der Waals surface area contributed by atoms with Crippen molar-refractivity contribution in [2.24, 2.45) is 11.3 Å². The summed E-state index contributed by atoms with van der Waals surface area (Å²) < 4.78 is 0. The molecule has 0 aromatic carbocycles. The van der Waals surface area contributed by atoms with Crippen molar-refractivity contribution in [2.45, 2.75) is 59.4 Å². The number of carboxylic acid groups (broad SMARTS) is 1. The van der Waals surface area contributed by atoms with Gasteiger partial charge in [0.05, 0.1) is 6.42 Å². The van der Waals surface area contributed by atoms with E-state index < -0.39 is 5.97 Å². The zero-order valence-corrected chi connectivity index (χ0v) is 13.1. The number of likely N-dealkylation sites (tertiary alicyclic amines) is 1. The Kier molecular flexibility index (Phi) is 5.84. The standard InChI is InChI=1S/C15H28N2O3/c1-11-5-7-17(8-6-11)14(20)16-12(9-13(18)19)10-15(2,3)4/h11-12H,5-10H2,1-4H3,(H,16,20)(H,18,19). The molecule has 5 heteroatoms. The summed E-state index contributed by atoms with van der Waals surface area (Å²) in [6, 6.07) is -0.424. The van der Waals surface area contributed by atoms with Crippen molar-refractivity contribution in [3.05, 3.63) is 0 Å². The Balaban J connectivity index is 2.55. The van der Waals surface area contributed by atoms with E-state index in [4.69, 9.17) is 5.11 Å². The molecule has 1 aliphatic rings. The van der Waals surface area contributed by atoms with Gasteiger partial charge in [0.1, 0.15) is 0 Å². The van der Waals surface area contributed by atoms with Crippen LogP contribution in [0.5, 0.6) is 0 Å². The van der Waals surface area contributed by atoms with Gasteiger partial charge in [-0.2, -0.15) is 0 Å². The molecule has 1 rings (SSSR count). The lowest BCUT2D eigenvalue weighted by Crippen LogP contribution is -2.49. The molecule has 0 saturated carbocycles. The maximum absolute atomic E-state index is 12.2. The molecule has 1 heterocycles. The van der Waals surface area contributed by atoms with E-state index in [-0.39, 0.29) is 23.9 Å². The number of aliphatic carboxylic acids is 1. The number of hydrogen-bond acceptors (Lipinski definition) is 2. The highest BCUT2D eigenvalue weighted by molar-refractivity contribution is 5.76. The van der Waals surface area contributed by atoms with Gasteiger partial charge in [-0.15, -0.1) is 0 Å². The second-order valence-electron chi connectivity index (χ2n) is 7.18. The Morgan fingerprint density at radius 2 is 1.85 bits per heavy atom. The van der Waals surface area contributed by atoms with Gasteiger partial charge in [-0.05, 0) is 30.6 Å². The fourth-order valence-corrected chi connectivity index (χ4v) is 2.60. The van der Waals surface area contributed by atoms with Crippen LogP contribution in [0.15, 0.2) is 0 Å². The minimum Gasteiger partial charge on any atom is -0.481 e. The van der Waals surface area contributed by atoms with Crippen molar-refractivity contribution in [1.82, 2.24) is 10.2 Å². The van der Waals surface area contributed by atoms with Gasteiger partial charge < -0.3 is 15.3 Å². The molecule has 2 amide bonds. The quantitative estimate of drug-likeness (QED) is 0.834. The third kappa shape index (κ3) is 6.26.